The molecule has 1 atom stereocenters. The summed E-state index contributed by atoms with van der Waals surface area (Å²) in [6.45, 7) is 1.84. The topological polar surface area (TPSA) is 20.2 Å². The lowest BCUT2D eigenvalue weighted by Crippen LogP contribution is -2.17. The first-order valence-electron chi connectivity index (χ1n) is 5.22. The molecule has 1 unspecified atom stereocenters. The van der Waals surface area contributed by atoms with Gasteiger partial charge in [0.25, 0.3) is 0 Å². The molecule has 1 nitrogen and oxygen atoms in total. The van der Waals surface area contributed by atoms with E-state index in [1.807, 2.05) is 6.92 Å². The van der Waals surface area contributed by atoms with Crippen molar-refractivity contribution in [3.8, 4) is 0 Å². The quantitative estimate of drug-likeness (QED) is 0.826. The van der Waals surface area contributed by atoms with Crippen molar-refractivity contribution >= 4 is 0 Å². The summed E-state index contributed by atoms with van der Waals surface area (Å²) >= 11 is 0. The molecule has 0 radical (unpaired) electrons. The molecular formula is C12H13F3O. The monoisotopic (exact) mass is 230 g/mol. The second-order valence-electron chi connectivity index (χ2n) is 4.45. The van der Waals surface area contributed by atoms with Crippen molar-refractivity contribution in [1.82, 2.24) is 0 Å². The smallest absolute Gasteiger partial charge is 0.389 e. The lowest BCUT2D eigenvalue weighted by Gasteiger charge is -2.18. The molecule has 88 valence electrons. The second-order valence-corrected chi connectivity index (χ2v) is 4.45. The first-order chi connectivity index (χ1) is 7.33. The van der Waals surface area contributed by atoms with Gasteiger partial charge in [-0.1, -0.05) is 19.1 Å². The van der Waals surface area contributed by atoms with E-state index in [1.54, 1.807) is 0 Å². The van der Waals surface area contributed by atoms with E-state index in [9.17, 15) is 18.3 Å². The van der Waals surface area contributed by atoms with Gasteiger partial charge in [0.2, 0.25) is 0 Å². The standard InChI is InChI=1S/C12H13F3O/c1-8(11(16)6-7-11)9-2-4-10(5-3-9)12(13,14)15/h2-5,8,16H,6-7H2,1H3. The summed E-state index contributed by atoms with van der Waals surface area (Å²) in [7, 11) is 0. The fourth-order valence-corrected chi connectivity index (χ4v) is 1.83. The van der Waals surface area contributed by atoms with Gasteiger partial charge >= 0.3 is 6.18 Å². The van der Waals surface area contributed by atoms with Gasteiger partial charge in [0, 0.05) is 5.92 Å². The maximum atomic E-state index is 12.3. The number of rotatable bonds is 2. The van der Waals surface area contributed by atoms with Crippen LogP contribution in [-0.4, -0.2) is 10.7 Å². The Morgan fingerprint density at radius 2 is 1.69 bits per heavy atom. The highest BCUT2D eigenvalue weighted by Crippen LogP contribution is 2.47. The van der Waals surface area contributed by atoms with Gasteiger partial charge < -0.3 is 5.11 Å². The minimum absolute atomic E-state index is 0.102. The van der Waals surface area contributed by atoms with Gasteiger partial charge in [-0.25, -0.2) is 0 Å². The van der Waals surface area contributed by atoms with Crippen LogP contribution in [0.3, 0.4) is 0 Å². The largest absolute Gasteiger partial charge is 0.416 e. The molecule has 0 amide bonds. The Hall–Kier alpha value is -1.03. The molecule has 1 aromatic carbocycles. The van der Waals surface area contributed by atoms with Crippen LogP contribution in [0.5, 0.6) is 0 Å². The molecule has 0 spiro atoms. The van der Waals surface area contributed by atoms with E-state index >= 15 is 0 Å². The van der Waals surface area contributed by atoms with Crippen LogP contribution in [0.2, 0.25) is 0 Å². The van der Waals surface area contributed by atoms with Gasteiger partial charge in [-0.2, -0.15) is 13.2 Å². The van der Waals surface area contributed by atoms with Gasteiger partial charge in [-0.3, -0.25) is 0 Å². The van der Waals surface area contributed by atoms with Crippen LogP contribution < -0.4 is 0 Å². The molecule has 0 aromatic heterocycles. The summed E-state index contributed by atoms with van der Waals surface area (Å²) in [5, 5.41) is 9.86. The number of aliphatic hydroxyl groups is 1. The molecule has 0 saturated heterocycles. The summed E-state index contributed by atoms with van der Waals surface area (Å²) in [4.78, 5) is 0. The SMILES string of the molecule is CC(c1ccc(C(F)(F)F)cc1)C1(O)CC1. The highest BCUT2D eigenvalue weighted by Gasteiger charge is 2.46. The Morgan fingerprint density at radius 1 is 1.19 bits per heavy atom. The maximum absolute atomic E-state index is 12.3. The predicted octanol–water partition coefficient (Wildman–Crippen LogP) is 3.33. The maximum Gasteiger partial charge on any atom is 0.416 e. The molecule has 2 rings (SSSR count). The van der Waals surface area contributed by atoms with Crippen LogP contribution in [0.25, 0.3) is 0 Å². The van der Waals surface area contributed by atoms with Crippen molar-refractivity contribution in [1.29, 1.82) is 0 Å². The summed E-state index contributed by atoms with van der Waals surface area (Å²) in [6, 6.07) is 5.03. The Balaban J connectivity index is 2.19. The normalized spacial score (nSPS) is 20.6. The Labute approximate surface area is 91.9 Å². The molecule has 0 bridgehead atoms. The number of halogens is 3. The number of hydrogen-bond acceptors (Lipinski definition) is 1. The summed E-state index contributed by atoms with van der Waals surface area (Å²) in [5.41, 5.74) is -0.584. The highest BCUT2D eigenvalue weighted by atomic mass is 19.4. The third kappa shape index (κ3) is 2.07. The zero-order valence-electron chi connectivity index (χ0n) is 8.88. The van der Waals surface area contributed by atoms with E-state index in [0.29, 0.717) is 0 Å². The predicted molar refractivity (Wildman–Crippen MR) is 54.0 cm³/mol. The van der Waals surface area contributed by atoms with Crippen LogP contribution in [0.1, 0.15) is 36.8 Å². The first kappa shape index (κ1) is 11.5. The van der Waals surface area contributed by atoms with Gasteiger partial charge in [-0.05, 0) is 30.5 Å². The summed E-state index contributed by atoms with van der Waals surface area (Å²) in [6.07, 6.45) is -2.83. The zero-order valence-corrected chi connectivity index (χ0v) is 8.88. The molecule has 0 heterocycles. The van der Waals surface area contributed by atoms with E-state index in [2.05, 4.69) is 0 Å². The number of alkyl halides is 3. The van der Waals surface area contributed by atoms with Crippen molar-refractivity contribution < 1.29 is 18.3 Å². The summed E-state index contributed by atoms with van der Waals surface area (Å²) in [5.74, 6) is -0.102. The van der Waals surface area contributed by atoms with Crippen LogP contribution >= 0.6 is 0 Å². The average molecular weight is 230 g/mol. The van der Waals surface area contributed by atoms with E-state index in [4.69, 9.17) is 0 Å². The fraction of sp³-hybridized carbons (Fsp3) is 0.500. The fourth-order valence-electron chi connectivity index (χ4n) is 1.83. The van der Waals surface area contributed by atoms with Crippen molar-refractivity contribution in [2.45, 2.75) is 37.5 Å². The molecular weight excluding hydrogens is 217 g/mol. The molecule has 1 saturated carbocycles. The average Bonchev–Trinajstić information content (AvgIpc) is 2.96. The van der Waals surface area contributed by atoms with Crippen molar-refractivity contribution in [2.24, 2.45) is 0 Å². The molecule has 1 fully saturated rings. The van der Waals surface area contributed by atoms with Crippen molar-refractivity contribution in [3.05, 3.63) is 35.4 Å². The lowest BCUT2D eigenvalue weighted by atomic mass is 9.93. The van der Waals surface area contributed by atoms with Gasteiger partial charge in [-0.15, -0.1) is 0 Å². The molecule has 1 aromatic rings. The van der Waals surface area contributed by atoms with E-state index in [0.717, 1.165) is 30.5 Å². The Bertz CT molecular complexity index is 376. The number of hydrogen-bond donors (Lipinski definition) is 1. The van der Waals surface area contributed by atoms with E-state index < -0.39 is 17.3 Å². The molecule has 1 aliphatic carbocycles. The van der Waals surface area contributed by atoms with Crippen LogP contribution in [0.4, 0.5) is 13.2 Å². The zero-order chi connectivity index (χ0) is 12.0. The first-order valence-corrected chi connectivity index (χ1v) is 5.22. The minimum Gasteiger partial charge on any atom is -0.389 e. The molecule has 4 heteroatoms. The van der Waals surface area contributed by atoms with Crippen LogP contribution in [0, 0.1) is 0 Å². The van der Waals surface area contributed by atoms with Crippen molar-refractivity contribution in [3.63, 3.8) is 0 Å². The third-order valence-electron chi connectivity index (χ3n) is 3.31. The van der Waals surface area contributed by atoms with E-state index in [1.165, 1.54) is 12.1 Å². The molecule has 16 heavy (non-hydrogen) atoms. The van der Waals surface area contributed by atoms with Crippen LogP contribution in [0.15, 0.2) is 24.3 Å². The van der Waals surface area contributed by atoms with Gasteiger partial charge in [0.05, 0.1) is 11.2 Å². The molecule has 1 N–H and O–H groups in total. The Morgan fingerprint density at radius 3 is 2.06 bits per heavy atom. The van der Waals surface area contributed by atoms with Crippen LogP contribution in [-0.2, 0) is 6.18 Å². The molecule has 1 aliphatic rings. The van der Waals surface area contributed by atoms with Gasteiger partial charge in [0.1, 0.15) is 0 Å². The summed E-state index contributed by atoms with van der Waals surface area (Å²) < 4.78 is 37.0. The van der Waals surface area contributed by atoms with Crippen molar-refractivity contribution in [2.75, 3.05) is 0 Å². The van der Waals surface area contributed by atoms with E-state index in [-0.39, 0.29) is 5.92 Å². The number of benzene rings is 1. The van der Waals surface area contributed by atoms with Gasteiger partial charge in [0.15, 0.2) is 0 Å². The second kappa shape index (κ2) is 3.48. The third-order valence-corrected chi connectivity index (χ3v) is 3.31. The molecule has 0 aliphatic heterocycles. The lowest BCUT2D eigenvalue weighted by molar-refractivity contribution is -0.137. The Kier molecular flexibility index (Phi) is 2.49. The minimum atomic E-state index is -4.29. The highest BCUT2D eigenvalue weighted by molar-refractivity contribution is 5.30.